The summed E-state index contributed by atoms with van der Waals surface area (Å²) in [6.45, 7) is 0.773. The third kappa shape index (κ3) is 3.18. The van der Waals surface area contributed by atoms with Crippen molar-refractivity contribution in [2.75, 3.05) is 23.8 Å². The zero-order valence-corrected chi connectivity index (χ0v) is 13.0. The summed E-state index contributed by atoms with van der Waals surface area (Å²) in [7, 11) is 0. The zero-order chi connectivity index (χ0) is 14.0. The van der Waals surface area contributed by atoms with Gasteiger partial charge in [-0.1, -0.05) is 11.6 Å². The number of ether oxygens (including phenoxy) is 2. The molecule has 3 nitrogen and oxygen atoms in total. The van der Waals surface area contributed by atoms with Crippen molar-refractivity contribution in [1.29, 1.82) is 0 Å². The van der Waals surface area contributed by atoms with Gasteiger partial charge in [-0.2, -0.15) is 11.8 Å². The Morgan fingerprint density at radius 1 is 1.35 bits per heavy atom. The van der Waals surface area contributed by atoms with Crippen LogP contribution >= 0.6 is 23.4 Å². The Bertz CT molecular complexity index is 471. The number of nitrogens with two attached hydrogens (primary N) is 1. The summed E-state index contributed by atoms with van der Waals surface area (Å²) < 4.78 is 12.2. The number of halogens is 1. The fourth-order valence-corrected chi connectivity index (χ4v) is 4.36. The highest BCUT2D eigenvalue weighted by Gasteiger charge is 2.39. The van der Waals surface area contributed by atoms with E-state index in [1.807, 2.05) is 11.8 Å². The van der Waals surface area contributed by atoms with E-state index in [1.54, 1.807) is 18.2 Å². The van der Waals surface area contributed by atoms with Crippen molar-refractivity contribution in [2.24, 2.45) is 0 Å². The highest BCUT2D eigenvalue weighted by Crippen LogP contribution is 2.39. The van der Waals surface area contributed by atoms with Crippen LogP contribution in [0.25, 0.3) is 0 Å². The first kappa shape index (κ1) is 14.4. The number of benzene rings is 1. The summed E-state index contributed by atoms with van der Waals surface area (Å²) in [5.41, 5.74) is 6.51. The third-order valence-corrected chi connectivity index (χ3v) is 5.40. The Hall–Kier alpha value is -0.580. The molecule has 0 aliphatic carbocycles. The first-order valence-corrected chi connectivity index (χ1v) is 8.64. The summed E-state index contributed by atoms with van der Waals surface area (Å²) in [4.78, 5) is 0. The lowest BCUT2D eigenvalue weighted by molar-refractivity contribution is -0.116. The van der Waals surface area contributed by atoms with Gasteiger partial charge in [-0.25, -0.2) is 0 Å². The molecule has 2 aliphatic heterocycles. The number of thioether (sulfide) groups is 1. The topological polar surface area (TPSA) is 44.5 Å². The molecule has 2 heterocycles. The van der Waals surface area contributed by atoms with Crippen LogP contribution in [0.4, 0.5) is 5.69 Å². The average Bonchev–Trinajstić information content (AvgIpc) is 2.44. The van der Waals surface area contributed by atoms with Crippen molar-refractivity contribution >= 4 is 29.1 Å². The van der Waals surface area contributed by atoms with Gasteiger partial charge in [0.25, 0.3) is 0 Å². The molecule has 0 aromatic heterocycles. The van der Waals surface area contributed by atoms with E-state index in [9.17, 15) is 0 Å². The van der Waals surface area contributed by atoms with Crippen molar-refractivity contribution in [2.45, 2.75) is 37.4 Å². The molecule has 0 bridgehead atoms. The Balaban J connectivity index is 1.69. The fourth-order valence-electron chi connectivity index (χ4n) is 2.97. The Labute approximate surface area is 129 Å². The molecule has 1 spiro atoms. The molecule has 0 radical (unpaired) electrons. The number of hydrogen-bond acceptors (Lipinski definition) is 4. The van der Waals surface area contributed by atoms with Gasteiger partial charge < -0.3 is 15.2 Å². The van der Waals surface area contributed by atoms with Crippen LogP contribution in [0.5, 0.6) is 5.75 Å². The maximum absolute atomic E-state index is 6.18. The molecule has 3 rings (SSSR count). The predicted molar refractivity (Wildman–Crippen MR) is 84.8 cm³/mol. The van der Waals surface area contributed by atoms with Crippen LogP contribution in [-0.4, -0.2) is 29.8 Å². The first-order valence-electron chi connectivity index (χ1n) is 7.10. The van der Waals surface area contributed by atoms with Crippen LogP contribution < -0.4 is 10.5 Å². The van der Waals surface area contributed by atoms with Crippen molar-refractivity contribution in [3.8, 4) is 5.75 Å². The van der Waals surface area contributed by atoms with Crippen LogP contribution in [0.3, 0.4) is 0 Å². The predicted octanol–water partition coefficient (Wildman–Crippen LogP) is 3.75. The van der Waals surface area contributed by atoms with Crippen molar-refractivity contribution in [3.05, 3.63) is 23.2 Å². The second kappa shape index (κ2) is 6.04. The van der Waals surface area contributed by atoms with Crippen molar-refractivity contribution < 1.29 is 9.47 Å². The Morgan fingerprint density at radius 2 is 2.15 bits per heavy atom. The standard InChI is InChI=1S/C15H20ClNO2S/c16-13-2-1-11(17)9-14(13)19-12-3-6-18-15(10-12)4-7-20-8-5-15/h1-2,9,12H,3-8,10,17H2. The highest BCUT2D eigenvalue weighted by molar-refractivity contribution is 7.99. The molecule has 2 N–H and O–H groups in total. The van der Waals surface area contributed by atoms with Gasteiger partial charge in [0.2, 0.25) is 0 Å². The summed E-state index contributed by atoms with van der Waals surface area (Å²) >= 11 is 8.19. The number of rotatable bonds is 2. The van der Waals surface area contributed by atoms with Crippen molar-refractivity contribution in [3.63, 3.8) is 0 Å². The summed E-state index contributed by atoms with van der Waals surface area (Å²) in [6.07, 6.45) is 4.30. The van der Waals surface area contributed by atoms with Gasteiger partial charge in [0, 0.05) is 24.6 Å². The molecule has 1 atom stereocenters. The highest BCUT2D eigenvalue weighted by atomic mass is 35.5. The lowest BCUT2D eigenvalue weighted by atomic mass is 9.86. The quantitative estimate of drug-likeness (QED) is 0.845. The molecule has 2 aliphatic rings. The summed E-state index contributed by atoms with van der Waals surface area (Å²) in [5.74, 6) is 3.07. The van der Waals surface area contributed by atoms with Gasteiger partial charge in [0.1, 0.15) is 11.9 Å². The average molecular weight is 314 g/mol. The van der Waals surface area contributed by atoms with Crippen LogP contribution in [0.1, 0.15) is 25.7 Å². The number of nitrogen functional groups attached to an aromatic ring is 1. The second-order valence-corrected chi connectivity index (χ2v) is 7.20. The monoisotopic (exact) mass is 313 g/mol. The largest absolute Gasteiger partial charge is 0.489 e. The fraction of sp³-hybridized carbons (Fsp3) is 0.600. The summed E-state index contributed by atoms with van der Waals surface area (Å²) in [6, 6.07) is 5.39. The van der Waals surface area contributed by atoms with E-state index in [4.69, 9.17) is 26.8 Å². The molecule has 20 heavy (non-hydrogen) atoms. The van der Waals surface area contributed by atoms with Gasteiger partial charge >= 0.3 is 0 Å². The Morgan fingerprint density at radius 3 is 2.95 bits per heavy atom. The second-order valence-electron chi connectivity index (χ2n) is 5.57. The first-order chi connectivity index (χ1) is 9.67. The lowest BCUT2D eigenvalue weighted by Gasteiger charge is -2.43. The van der Waals surface area contributed by atoms with E-state index in [0.717, 1.165) is 32.3 Å². The molecule has 110 valence electrons. The SMILES string of the molecule is Nc1ccc(Cl)c(OC2CCOC3(CCSCC3)C2)c1. The molecule has 0 amide bonds. The molecular formula is C15H20ClNO2S. The lowest BCUT2D eigenvalue weighted by Crippen LogP contribution is -2.46. The molecular weight excluding hydrogens is 294 g/mol. The number of anilines is 1. The molecule has 1 aromatic carbocycles. The van der Waals surface area contributed by atoms with E-state index < -0.39 is 0 Å². The summed E-state index contributed by atoms with van der Waals surface area (Å²) in [5, 5.41) is 0.624. The molecule has 5 heteroatoms. The minimum atomic E-state index is 0.0287. The van der Waals surface area contributed by atoms with Gasteiger partial charge in [-0.05, 0) is 36.5 Å². The maximum atomic E-state index is 6.18. The third-order valence-electron chi connectivity index (χ3n) is 4.10. The van der Waals surface area contributed by atoms with Gasteiger partial charge in [-0.3, -0.25) is 0 Å². The maximum Gasteiger partial charge on any atom is 0.140 e. The molecule has 2 saturated heterocycles. The minimum Gasteiger partial charge on any atom is -0.489 e. The minimum absolute atomic E-state index is 0.0287. The van der Waals surface area contributed by atoms with E-state index in [0.29, 0.717) is 16.5 Å². The molecule has 1 aromatic rings. The van der Waals surface area contributed by atoms with Gasteiger partial charge in [0.15, 0.2) is 0 Å². The van der Waals surface area contributed by atoms with Crippen LogP contribution in [0.15, 0.2) is 18.2 Å². The van der Waals surface area contributed by atoms with Crippen LogP contribution in [0.2, 0.25) is 5.02 Å². The normalized spacial score (nSPS) is 25.6. The van der Waals surface area contributed by atoms with E-state index in [1.165, 1.54) is 11.5 Å². The zero-order valence-electron chi connectivity index (χ0n) is 11.4. The van der Waals surface area contributed by atoms with E-state index in [-0.39, 0.29) is 11.7 Å². The number of hydrogen-bond donors (Lipinski definition) is 1. The van der Waals surface area contributed by atoms with Crippen LogP contribution in [0, 0.1) is 0 Å². The van der Waals surface area contributed by atoms with Gasteiger partial charge in [-0.15, -0.1) is 0 Å². The Kier molecular flexibility index (Phi) is 4.34. The van der Waals surface area contributed by atoms with Gasteiger partial charge in [0.05, 0.1) is 17.2 Å². The molecule has 2 fully saturated rings. The van der Waals surface area contributed by atoms with Crippen molar-refractivity contribution in [1.82, 2.24) is 0 Å². The molecule has 1 unspecified atom stereocenters. The van der Waals surface area contributed by atoms with Crippen LogP contribution in [-0.2, 0) is 4.74 Å². The van der Waals surface area contributed by atoms with E-state index in [2.05, 4.69) is 0 Å². The smallest absolute Gasteiger partial charge is 0.140 e. The molecule has 0 saturated carbocycles. The van der Waals surface area contributed by atoms with E-state index >= 15 is 0 Å².